The van der Waals surface area contributed by atoms with Gasteiger partial charge in [-0.15, -0.1) is 0 Å². The van der Waals surface area contributed by atoms with Crippen LogP contribution in [0.1, 0.15) is 25.4 Å². The van der Waals surface area contributed by atoms with E-state index >= 15 is 0 Å². The molecule has 0 radical (unpaired) electrons. The molecule has 0 saturated carbocycles. The Labute approximate surface area is 219 Å². The van der Waals surface area contributed by atoms with E-state index in [1.54, 1.807) is 5.79 Å². The van der Waals surface area contributed by atoms with E-state index < -0.39 is 36.8 Å². The van der Waals surface area contributed by atoms with Crippen molar-refractivity contribution in [1.29, 1.82) is 0 Å². The molecule has 0 saturated heterocycles. The first-order chi connectivity index (χ1) is 16.0. The number of hydrogen-bond donors (Lipinski definition) is 0. The summed E-state index contributed by atoms with van der Waals surface area (Å²) in [4.78, 5) is 15.1. The van der Waals surface area contributed by atoms with Crippen molar-refractivity contribution in [2.24, 2.45) is 0 Å². The first kappa shape index (κ1) is 25.0. The van der Waals surface area contributed by atoms with Crippen molar-refractivity contribution in [1.82, 2.24) is 0 Å². The molecule has 5 rings (SSSR count). The molecule has 4 aromatic heterocycles. The van der Waals surface area contributed by atoms with Crippen molar-refractivity contribution in [3.63, 3.8) is 0 Å². The van der Waals surface area contributed by atoms with Crippen LogP contribution in [0.2, 0.25) is 29.6 Å². The van der Waals surface area contributed by atoms with Gasteiger partial charge < -0.3 is 0 Å². The molecule has 0 spiro atoms. The summed E-state index contributed by atoms with van der Waals surface area (Å²) in [6.45, 7) is 4.32. The van der Waals surface area contributed by atoms with Crippen LogP contribution in [0, 0.1) is 0 Å². The van der Waals surface area contributed by atoms with Crippen LogP contribution in [0.25, 0.3) is 42.8 Å². The number of benzene rings is 1. The van der Waals surface area contributed by atoms with Crippen LogP contribution in [0.15, 0.2) is 45.2 Å². The Kier molecular flexibility index (Phi) is 6.61. The molecule has 0 unspecified atom stereocenters. The van der Waals surface area contributed by atoms with Gasteiger partial charge in [0.1, 0.15) is 0 Å². The molecule has 0 fully saturated rings. The van der Waals surface area contributed by atoms with Crippen molar-refractivity contribution < 1.29 is 8.83 Å². The summed E-state index contributed by atoms with van der Waals surface area (Å²) in [7, 11) is 0. The minimum atomic E-state index is -2.30. The monoisotopic (exact) mass is 706 g/mol. The molecule has 34 heavy (non-hydrogen) atoms. The van der Waals surface area contributed by atoms with E-state index in [-0.39, 0.29) is 0 Å². The number of hydrogen-bond acceptors (Lipinski definition) is 4. The second-order valence-electron chi connectivity index (χ2n) is 11.2. The first-order valence-electron chi connectivity index (χ1n) is 12.2. The summed E-state index contributed by atoms with van der Waals surface area (Å²) >= 11 is -0.575. The zero-order valence-electron chi connectivity index (χ0n) is 21.5. The zero-order chi connectivity index (χ0) is 24.4. The molecular weight excluding hydrogens is 670 g/mol. The number of rotatable bonds is 6. The van der Waals surface area contributed by atoms with E-state index in [0.717, 1.165) is 35.9 Å². The summed E-state index contributed by atoms with van der Waals surface area (Å²) in [5.74, 6) is 4.13. The van der Waals surface area contributed by atoms with Crippen molar-refractivity contribution in [3.05, 3.63) is 47.9 Å². The van der Waals surface area contributed by atoms with Crippen LogP contribution in [0.5, 0.6) is 0 Å². The maximum atomic E-state index is 6.41. The number of fused-ring (bicyclic) bond motifs is 2. The molecule has 0 amide bonds. The predicted molar refractivity (Wildman–Crippen MR) is 157 cm³/mol. The molecular formula is C28H34O2S2Sn2. The molecule has 0 aliphatic carbocycles. The van der Waals surface area contributed by atoms with E-state index in [2.05, 4.69) is 79.9 Å². The number of thiophene rings is 2. The topological polar surface area (TPSA) is 26.3 Å². The van der Waals surface area contributed by atoms with E-state index in [9.17, 15) is 0 Å². The summed E-state index contributed by atoms with van der Waals surface area (Å²) in [6.07, 6.45) is 1.83. The van der Waals surface area contributed by atoms with Gasteiger partial charge in [0.2, 0.25) is 0 Å². The fourth-order valence-electron chi connectivity index (χ4n) is 4.40. The number of aryl methyl sites for hydroxylation is 2. The fourth-order valence-corrected chi connectivity index (χ4v) is 17.3. The Hall–Kier alpha value is -0.703. The van der Waals surface area contributed by atoms with Crippen LogP contribution in [0.3, 0.4) is 0 Å². The summed E-state index contributed by atoms with van der Waals surface area (Å²) in [5.41, 5.74) is 2.58. The van der Waals surface area contributed by atoms with Crippen molar-refractivity contribution in [3.8, 4) is 22.6 Å². The molecule has 0 N–H and O–H groups in total. The summed E-state index contributed by atoms with van der Waals surface area (Å²) in [6, 6.07) is 13.7. The van der Waals surface area contributed by atoms with E-state index in [1.165, 1.54) is 31.3 Å². The molecule has 0 aliphatic rings. The van der Waals surface area contributed by atoms with Gasteiger partial charge in [-0.05, 0) is 0 Å². The third kappa shape index (κ3) is 4.35. The molecule has 4 heterocycles. The molecule has 6 heteroatoms. The van der Waals surface area contributed by atoms with Gasteiger partial charge in [-0.1, -0.05) is 0 Å². The molecule has 178 valence electrons. The molecule has 2 nitrogen and oxygen atoms in total. The third-order valence-electron chi connectivity index (χ3n) is 6.45. The van der Waals surface area contributed by atoms with Crippen LogP contribution in [0.4, 0.5) is 0 Å². The zero-order valence-corrected chi connectivity index (χ0v) is 28.9. The Morgan fingerprint density at radius 1 is 0.618 bits per heavy atom. The van der Waals surface area contributed by atoms with Gasteiger partial charge in [-0.3, -0.25) is 0 Å². The fraction of sp³-hybridized carbons (Fsp3) is 0.357. The van der Waals surface area contributed by atoms with Gasteiger partial charge in [-0.25, -0.2) is 0 Å². The maximum absolute atomic E-state index is 6.41. The predicted octanol–water partition coefficient (Wildman–Crippen LogP) is 8.85. The van der Waals surface area contributed by atoms with Crippen LogP contribution < -0.4 is 5.79 Å². The van der Waals surface area contributed by atoms with Gasteiger partial charge in [0, 0.05) is 0 Å². The van der Waals surface area contributed by atoms with Gasteiger partial charge in [0.15, 0.2) is 0 Å². The average molecular weight is 704 g/mol. The average Bonchev–Trinajstić information content (AvgIpc) is 3.55. The molecule has 0 bridgehead atoms. The van der Waals surface area contributed by atoms with Crippen molar-refractivity contribution >= 4 is 85.4 Å². The Balaban J connectivity index is 1.97. The van der Waals surface area contributed by atoms with Crippen LogP contribution >= 0.6 is 22.7 Å². The molecule has 5 aromatic rings. The normalized spacial score (nSPS) is 12.9. The standard InChI is InChI=1S/C22H16O2S2.6CH3.2Sn/c1-3-13-5-7-17(23-13)19-15-9-11-26-22(15)20(16-10-12-25-21(16)19)18-8-6-14(4-2)24-18;;;;;;;;/h5-10H,3-4H2,1-2H3;6*1H3;;. The van der Waals surface area contributed by atoms with Crippen LogP contribution in [-0.2, 0) is 12.8 Å². The molecule has 0 aliphatic heterocycles. The van der Waals surface area contributed by atoms with Crippen molar-refractivity contribution in [2.45, 2.75) is 56.3 Å². The first-order valence-corrected chi connectivity index (χ1v) is 33.8. The van der Waals surface area contributed by atoms with Gasteiger partial charge in [0.05, 0.1) is 0 Å². The van der Waals surface area contributed by atoms with E-state index in [0.29, 0.717) is 0 Å². The Bertz CT molecular complexity index is 1330. The molecule has 1 aromatic carbocycles. The van der Waals surface area contributed by atoms with Gasteiger partial charge >= 0.3 is 221 Å². The second kappa shape index (κ2) is 9.00. The van der Waals surface area contributed by atoms with Crippen molar-refractivity contribution in [2.75, 3.05) is 0 Å². The SMILES string of the molecule is CCc1ccc(-c2c3c[c]([Sn]([CH3])([CH3])[CH3])sc3c(-c3ccc(CC)o3)c3c[c]([Sn]([CH3])([CH3])[CH3])sc23)o1. The minimum absolute atomic E-state index is 0.915. The Morgan fingerprint density at radius 3 is 1.29 bits per heavy atom. The second-order valence-corrected chi connectivity index (χ2v) is 44.1. The summed E-state index contributed by atoms with van der Waals surface area (Å²) in [5, 5.41) is 2.69. The molecule has 0 atom stereocenters. The van der Waals surface area contributed by atoms with E-state index in [4.69, 9.17) is 8.83 Å². The van der Waals surface area contributed by atoms with Gasteiger partial charge in [-0.2, -0.15) is 0 Å². The third-order valence-corrected chi connectivity index (χ3v) is 27.6. The summed E-state index contributed by atoms with van der Waals surface area (Å²) < 4.78 is 18.8. The van der Waals surface area contributed by atoms with Gasteiger partial charge in [0.25, 0.3) is 0 Å². The van der Waals surface area contributed by atoms with Crippen LogP contribution in [-0.4, -0.2) is 36.8 Å². The Morgan fingerprint density at radius 2 is 1.00 bits per heavy atom. The number of furan rings is 2. The quantitative estimate of drug-likeness (QED) is 0.165. The van der Waals surface area contributed by atoms with E-state index in [1.807, 2.05) is 22.7 Å².